The number of hydrogen-bond donors (Lipinski definition) is 1. The van der Waals surface area contributed by atoms with Gasteiger partial charge in [0.2, 0.25) is 0 Å². The molecule has 0 unspecified atom stereocenters. The molecule has 2 heteroatoms. The van der Waals surface area contributed by atoms with Crippen molar-refractivity contribution >= 4 is 0 Å². The number of para-hydroxylation sites is 1. The van der Waals surface area contributed by atoms with Gasteiger partial charge in [0, 0.05) is 12.1 Å². The minimum absolute atomic E-state index is 0.587. The topological polar surface area (TPSA) is 21.3 Å². The lowest BCUT2D eigenvalue weighted by Crippen LogP contribution is -2.16. The number of allylic oxidation sites excluding steroid dienone is 1. The van der Waals surface area contributed by atoms with Gasteiger partial charge in [-0.25, -0.2) is 0 Å². The molecule has 0 aromatic heterocycles. The molecule has 0 heterocycles. The zero-order valence-corrected chi connectivity index (χ0v) is 13.2. The molecule has 0 radical (unpaired) electrons. The largest absolute Gasteiger partial charge is 0.489 e. The molecule has 2 nitrogen and oxygen atoms in total. The molecule has 1 N–H and O–H groups in total. The fraction of sp³-hybridized carbons (Fsp3) is 0.474. The number of benzene rings is 1. The Labute approximate surface area is 128 Å². The molecule has 1 aromatic rings. The van der Waals surface area contributed by atoms with E-state index in [1.54, 1.807) is 5.57 Å². The number of rotatable bonds is 8. The SMILES string of the molecule is C=C(C)COc1ccccc1CNCCC1=CCCCC1. The maximum Gasteiger partial charge on any atom is 0.124 e. The zero-order valence-electron chi connectivity index (χ0n) is 13.2. The van der Waals surface area contributed by atoms with Crippen LogP contribution in [0, 0.1) is 0 Å². The molecule has 0 spiro atoms. The van der Waals surface area contributed by atoms with Gasteiger partial charge in [-0.2, -0.15) is 0 Å². The van der Waals surface area contributed by atoms with Crippen LogP contribution in [0.3, 0.4) is 0 Å². The van der Waals surface area contributed by atoms with Crippen molar-refractivity contribution in [3.63, 3.8) is 0 Å². The van der Waals surface area contributed by atoms with E-state index in [9.17, 15) is 0 Å². The highest BCUT2D eigenvalue weighted by molar-refractivity contribution is 5.33. The van der Waals surface area contributed by atoms with Crippen molar-refractivity contribution in [3.8, 4) is 5.75 Å². The third-order valence-electron chi connectivity index (χ3n) is 3.77. The number of hydrogen-bond acceptors (Lipinski definition) is 2. The first kappa shape index (κ1) is 15.8. The number of nitrogens with one attached hydrogen (secondary N) is 1. The van der Waals surface area contributed by atoms with Gasteiger partial charge in [-0.15, -0.1) is 0 Å². The van der Waals surface area contributed by atoms with Crippen LogP contribution in [0.15, 0.2) is 48.1 Å². The fourth-order valence-corrected chi connectivity index (χ4v) is 2.60. The Morgan fingerprint density at radius 3 is 2.90 bits per heavy atom. The molecule has 1 aliphatic carbocycles. The highest BCUT2D eigenvalue weighted by atomic mass is 16.5. The van der Waals surface area contributed by atoms with E-state index in [-0.39, 0.29) is 0 Å². The highest BCUT2D eigenvalue weighted by Gasteiger charge is 2.05. The molecule has 114 valence electrons. The standard InChI is InChI=1S/C19H27NO/c1-16(2)15-21-19-11-7-6-10-18(19)14-20-13-12-17-8-4-3-5-9-17/h6-8,10-11,20H,1,3-5,9,12-15H2,2H3. The minimum atomic E-state index is 0.587. The van der Waals surface area contributed by atoms with Gasteiger partial charge in [0.25, 0.3) is 0 Å². The summed E-state index contributed by atoms with van der Waals surface area (Å²) in [6.07, 6.45) is 8.89. The minimum Gasteiger partial charge on any atom is -0.489 e. The van der Waals surface area contributed by atoms with Gasteiger partial charge in [0.05, 0.1) is 0 Å². The summed E-state index contributed by atoms with van der Waals surface area (Å²) in [5.41, 5.74) is 3.89. The average Bonchev–Trinajstić information content (AvgIpc) is 2.51. The lowest BCUT2D eigenvalue weighted by molar-refractivity contribution is 0.347. The first-order chi connectivity index (χ1) is 10.3. The first-order valence-electron chi connectivity index (χ1n) is 7.99. The van der Waals surface area contributed by atoms with Crippen LogP contribution < -0.4 is 10.1 Å². The monoisotopic (exact) mass is 285 g/mol. The Kier molecular flexibility index (Phi) is 6.55. The van der Waals surface area contributed by atoms with E-state index < -0.39 is 0 Å². The van der Waals surface area contributed by atoms with E-state index in [0.29, 0.717) is 6.61 Å². The van der Waals surface area contributed by atoms with Crippen LogP contribution in [0.4, 0.5) is 0 Å². The third-order valence-corrected chi connectivity index (χ3v) is 3.77. The fourth-order valence-electron chi connectivity index (χ4n) is 2.60. The smallest absolute Gasteiger partial charge is 0.124 e. The van der Waals surface area contributed by atoms with Crippen molar-refractivity contribution < 1.29 is 4.74 Å². The second-order valence-electron chi connectivity index (χ2n) is 5.89. The molecule has 1 aromatic carbocycles. The lowest BCUT2D eigenvalue weighted by atomic mass is 9.97. The maximum atomic E-state index is 5.79. The summed E-state index contributed by atoms with van der Waals surface area (Å²) in [7, 11) is 0. The van der Waals surface area contributed by atoms with Crippen molar-refractivity contribution in [2.45, 2.75) is 45.6 Å². The van der Waals surface area contributed by atoms with E-state index in [1.165, 1.54) is 37.7 Å². The second-order valence-corrected chi connectivity index (χ2v) is 5.89. The molecule has 0 aliphatic heterocycles. The first-order valence-corrected chi connectivity index (χ1v) is 7.99. The summed E-state index contributed by atoms with van der Waals surface area (Å²) < 4.78 is 5.79. The molecule has 0 saturated heterocycles. The summed E-state index contributed by atoms with van der Waals surface area (Å²) >= 11 is 0. The summed E-state index contributed by atoms with van der Waals surface area (Å²) in [6.45, 7) is 8.36. The zero-order chi connectivity index (χ0) is 14.9. The molecule has 0 amide bonds. The Hall–Kier alpha value is -1.54. The van der Waals surface area contributed by atoms with Gasteiger partial charge in [0.15, 0.2) is 0 Å². The van der Waals surface area contributed by atoms with E-state index in [0.717, 1.165) is 24.4 Å². The molecule has 2 rings (SSSR count). The summed E-state index contributed by atoms with van der Waals surface area (Å²) in [4.78, 5) is 0. The summed E-state index contributed by atoms with van der Waals surface area (Å²) in [6, 6.07) is 8.24. The van der Waals surface area contributed by atoms with Gasteiger partial charge in [-0.1, -0.05) is 36.4 Å². The maximum absolute atomic E-state index is 5.79. The predicted octanol–water partition coefficient (Wildman–Crippen LogP) is 4.62. The second kappa shape index (κ2) is 8.68. The van der Waals surface area contributed by atoms with E-state index in [4.69, 9.17) is 4.74 Å². The van der Waals surface area contributed by atoms with Crippen molar-refractivity contribution in [2.75, 3.05) is 13.2 Å². The van der Waals surface area contributed by atoms with Crippen LogP contribution in [0.1, 0.15) is 44.6 Å². The Morgan fingerprint density at radius 2 is 2.14 bits per heavy atom. The van der Waals surface area contributed by atoms with Gasteiger partial charge >= 0.3 is 0 Å². The average molecular weight is 285 g/mol. The molecule has 0 saturated carbocycles. The van der Waals surface area contributed by atoms with Gasteiger partial charge in [-0.3, -0.25) is 0 Å². The molecule has 0 fully saturated rings. The van der Waals surface area contributed by atoms with Crippen LogP contribution >= 0.6 is 0 Å². The van der Waals surface area contributed by atoms with Crippen molar-refractivity contribution in [2.24, 2.45) is 0 Å². The third kappa shape index (κ3) is 5.76. The molecular weight excluding hydrogens is 258 g/mol. The van der Waals surface area contributed by atoms with Crippen molar-refractivity contribution in [1.29, 1.82) is 0 Å². The van der Waals surface area contributed by atoms with Gasteiger partial charge in [-0.05, 0) is 57.2 Å². The van der Waals surface area contributed by atoms with Crippen LogP contribution in [0.5, 0.6) is 5.75 Å². The molecule has 21 heavy (non-hydrogen) atoms. The van der Waals surface area contributed by atoms with Crippen LogP contribution in [0.25, 0.3) is 0 Å². The van der Waals surface area contributed by atoms with E-state index >= 15 is 0 Å². The molecule has 1 aliphatic rings. The summed E-state index contributed by atoms with van der Waals surface area (Å²) in [5.74, 6) is 0.963. The van der Waals surface area contributed by atoms with E-state index in [2.05, 4.69) is 30.1 Å². The van der Waals surface area contributed by atoms with Gasteiger partial charge < -0.3 is 10.1 Å². The van der Waals surface area contributed by atoms with Gasteiger partial charge in [0.1, 0.15) is 12.4 Å². The quantitative estimate of drug-likeness (QED) is 0.556. The van der Waals surface area contributed by atoms with Crippen LogP contribution in [-0.2, 0) is 6.54 Å². The van der Waals surface area contributed by atoms with Crippen molar-refractivity contribution in [1.82, 2.24) is 5.32 Å². The summed E-state index contributed by atoms with van der Waals surface area (Å²) in [5, 5.41) is 3.53. The lowest BCUT2D eigenvalue weighted by Gasteiger charge is -2.14. The Bertz CT molecular complexity index is 490. The number of ether oxygens (including phenoxy) is 1. The molecule has 0 atom stereocenters. The Morgan fingerprint density at radius 1 is 1.29 bits per heavy atom. The Balaban J connectivity index is 1.77. The van der Waals surface area contributed by atoms with Crippen LogP contribution in [-0.4, -0.2) is 13.2 Å². The highest BCUT2D eigenvalue weighted by Crippen LogP contribution is 2.20. The normalized spacial score (nSPS) is 14.6. The van der Waals surface area contributed by atoms with E-state index in [1.807, 2.05) is 19.1 Å². The van der Waals surface area contributed by atoms with Crippen LogP contribution in [0.2, 0.25) is 0 Å². The predicted molar refractivity (Wildman–Crippen MR) is 89.6 cm³/mol. The van der Waals surface area contributed by atoms with Crippen molar-refractivity contribution in [3.05, 3.63) is 53.6 Å². The molecular formula is C19H27NO. The molecule has 0 bridgehead atoms.